The van der Waals surface area contributed by atoms with E-state index in [2.05, 4.69) is 42.8 Å². The maximum Gasteiger partial charge on any atom is 0.280 e. The molecule has 80 heavy (non-hydrogen) atoms. The number of benzene rings is 3. The second-order valence-corrected chi connectivity index (χ2v) is 22.0. The van der Waals surface area contributed by atoms with Crippen molar-refractivity contribution >= 4 is 95.7 Å². The molecule has 0 aromatic heterocycles. The number of halogens is 2. The molecule has 0 aliphatic carbocycles. The second kappa shape index (κ2) is 25.1. The molecule has 0 spiro atoms. The van der Waals surface area contributed by atoms with Crippen molar-refractivity contribution in [3.63, 3.8) is 0 Å². The number of hydrogen-bond acceptors (Lipinski definition) is 14. The van der Waals surface area contributed by atoms with E-state index in [4.69, 9.17) is 0 Å². The van der Waals surface area contributed by atoms with Crippen LogP contribution in [0.5, 0.6) is 0 Å². The summed E-state index contributed by atoms with van der Waals surface area (Å²) >= 11 is 0. The molecule has 26 heteroatoms. The summed E-state index contributed by atoms with van der Waals surface area (Å²) in [6.07, 6.45) is -0.394. The molecule has 3 unspecified atom stereocenters. The Balaban J connectivity index is 0.00000588. The molecule has 0 radical (unpaired) electrons. The molecule has 2 fully saturated rings. The smallest absolute Gasteiger partial charge is 0.280 e. The predicted octanol–water partition coefficient (Wildman–Crippen LogP) is 0.861. The van der Waals surface area contributed by atoms with Crippen LogP contribution in [-0.4, -0.2) is 166 Å². The minimum atomic E-state index is -1.36. The third kappa shape index (κ3) is 13.1. The molecule has 4 heterocycles. The summed E-state index contributed by atoms with van der Waals surface area (Å²) in [7, 11) is 3.15. The minimum absolute atomic E-state index is 0. The van der Waals surface area contributed by atoms with E-state index in [1.54, 1.807) is 93.8 Å². The largest absolute Gasteiger partial charge is 0.347 e. The molecule has 7 rings (SSSR count). The van der Waals surface area contributed by atoms with Crippen LogP contribution < -0.4 is 42.8 Å². The van der Waals surface area contributed by atoms with E-state index in [1.165, 1.54) is 58.3 Å². The predicted molar refractivity (Wildman–Crippen MR) is 294 cm³/mol. The lowest BCUT2D eigenvalue weighted by Crippen LogP contribution is -2.60. The first kappa shape index (κ1) is 63.0. The van der Waals surface area contributed by atoms with Crippen LogP contribution in [0.2, 0.25) is 0 Å². The van der Waals surface area contributed by atoms with E-state index in [9.17, 15) is 57.5 Å². The maximum absolute atomic E-state index is 14.6. The van der Waals surface area contributed by atoms with Gasteiger partial charge in [0.2, 0.25) is 23.6 Å². The molecule has 2 saturated heterocycles. The normalized spacial score (nSPS) is 20.0. The molecule has 0 saturated carbocycles. The topological polar surface area (TPSA) is 314 Å². The van der Waals surface area contributed by atoms with Gasteiger partial charge in [0.25, 0.3) is 47.3 Å². The van der Waals surface area contributed by atoms with Gasteiger partial charge in [0, 0.05) is 36.3 Å². The number of amides is 12. The molecular weight excluding hydrogens is 1080 g/mol. The second-order valence-electron chi connectivity index (χ2n) is 22.0. The summed E-state index contributed by atoms with van der Waals surface area (Å²) in [5.41, 5.74) is 3.20. The van der Waals surface area contributed by atoms with Crippen LogP contribution in [-0.2, 0) is 28.8 Å². The maximum atomic E-state index is 14.6. The molecule has 0 bridgehead atoms. The van der Waals surface area contributed by atoms with Gasteiger partial charge in [-0.3, -0.25) is 68.4 Å². The summed E-state index contributed by atoms with van der Waals surface area (Å²) < 4.78 is 0. The first-order valence-electron chi connectivity index (χ1n) is 25.5. The third-order valence-corrected chi connectivity index (χ3v) is 14.3. The Hall–Kier alpha value is -7.80. The molecule has 8 atom stereocenters. The Labute approximate surface area is 474 Å². The van der Waals surface area contributed by atoms with E-state index >= 15 is 0 Å². The Morgan fingerprint density at radius 2 is 0.812 bits per heavy atom. The molecule has 430 valence electrons. The van der Waals surface area contributed by atoms with Crippen LogP contribution >= 0.6 is 24.8 Å². The van der Waals surface area contributed by atoms with Crippen molar-refractivity contribution in [3.8, 4) is 0 Å². The van der Waals surface area contributed by atoms with Gasteiger partial charge in [-0.25, -0.2) is 0 Å². The number of carbonyl (C=O) groups is 12. The van der Waals surface area contributed by atoms with Crippen LogP contribution in [0.4, 0.5) is 0 Å². The highest BCUT2D eigenvalue weighted by molar-refractivity contribution is 6.22. The van der Waals surface area contributed by atoms with E-state index in [0.29, 0.717) is 10.0 Å². The van der Waals surface area contributed by atoms with Gasteiger partial charge in [0.15, 0.2) is 0 Å². The quantitative estimate of drug-likeness (QED) is 0.0924. The Kier molecular flexibility index (Phi) is 19.8. The van der Waals surface area contributed by atoms with Crippen LogP contribution in [0.1, 0.15) is 130 Å². The summed E-state index contributed by atoms with van der Waals surface area (Å²) in [6, 6.07) is 9.28. The molecule has 12 amide bonds. The number of nitrogens with one attached hydrogen (secondary N) is 8. The summed E-state index contributed by atoms with van der Waals surface area (Å²) in [6.45, 7) is 13.1. The number of fused-ring (bicyclic) bond motifs is 2. The molecule has 3 aromatic carbocycles. The average molecular weight is 1150 g/mol. The fraction of sp³-hybridized carbons (Fsp3) is 0.444. The summed E-state index contributed by atoms with van der Waals surface area (Å²) in [5, 5.41) is 18.0. The van der Waals surface area contributed by atoms with Crippen LogP contribution in [0.3, 0.4) is 0 Å². The van der Waals surface area contributed by atoms with E-state index < -0.39 is 130 Å². The number of likely N-dealkylation sites (N-methyl/N-ethyl adjacent to an activating group) is 2. The van der Waals surface area contributed by atoms with Gasteiger partial charge < -0.3 is 41.7 Å². The van der Waals surface area contributed by atoms with Crippen molar-refractivity contribution in [2.75, 3.05) is 27.2 Å². The number of rotatable bonds is 16. The van der Waals surface area contributed by atoms with Crippen molar-refractivity contribution in [2.45, 2.75) is 117 Å². The summed E-state index contributed by atoms with van der Waals surface area (Å²) in [5.74, 6) is -8.71. The highest BCUT2D eigenvalue weighted by Crippen LogP contribution is 2.30. The molecule has 8 N–H and O–H groups in total. The van der Waals surface area contributed by atoms with Gasteiger partial charge in [0.05, 0.1) is 34.3 Å². The number of hydrazine groups is 2. The zero-order valence-corrected chi connectivity index (χ0v) is 47.5. The minimum Gasteiger partial charge on any atom is -0.347 e. The zero-order chi connectivity index (χ0) is 57.3. The highest BCUT2D eigenvalue weighted by Gasteiger charge is 2.49. The van der Waals surface area contributed by atoms with Crippen molar-refractivity contribution in [1.82, 2.24) is 62.6 Å². The monoisotopic (exact) mass is 1150 g/mol. The SMILES string of the molecule is CN[C@@H](C)C(=O)NC(C(=O)N1C[C@@H](NC(=O)c2cccc(C(=O)N[C@H]3CC(C(=O)NN4C(=O)c5ccccc5C4=O)N(C(=O)[C@@H](NC(=O)[C@H](C)NC)C(C)(C)C)C3)c2)CC1C(=O)NN1C(=O)c2ccccc2C1=O)C(C)(C)C.Cl.Cl. The lowest BCUT2D eigenvalue weighted by atomic mass is 9.85. The van der Waals surface area contributed by atoms with Crippen molar-refractivity contribution in [3.05, 3.63) is 106 Å². The number of carbonyl (C=O) groups excluding carboxylic acids is 12. The number of hydrogen-bond donors (Lipinski definition) is 8. The number of likely N-dealkylation sites (tertiary alicyclic amines) is 2. The zero-order valence-electron chi connectivity index (χ0n) is 45.9. The van der Waals surface area contributed by atoms with Crippen molar-refractivity contribution < 1.29 is 57.5 Å². The van der Waals surface area contributed by atoms with Gasteiger partial charge in [-0.05, 0) is 94.1 Å². The standard InChI is InChI=1S/C54H66N12O12.2ClH/c1-27(55-9)41(67)59-39(53(3,4)5)51(77)63-25-31(23-37(63)45(71)61-65-47(73)33-18-11-12-19-34(33)48(65)74)57-43(69)29-16-15-17-30(22-29)44(70)58-32-24-38(46(72)62-66-49(75)35-20-13-14-21-36(35)50(66)76)64(26-32)52(78)40(54(6,7)8)60-42(68)28(2)56-10;;/h11-22,27-28,31-32,37-40,55-56H,23-26H2,1-10H3,(H,57,69)(H,58,70)(H,59,67)(H,60,68)(H,61,71)(H,62,72);2*1H/t27-,28-,31-,32-,37?,38?,39+,40?;;/m0../s1. The molecular formula is C54H68Cl2N12O12. The highest BCUT2D eigenvalue weighted by atomic mass is 35.5. The van der Waals surface area contributed by atoms with Gasteiger partial charge in [-0.15, -0.1) is 24.8 Å². The van der Waals surface area contributed by atoms with Gasteiger partial charge in [-0.1, -0.05) is 71.9 Å². The van der Waals surface area contributed by atoms with Gasteiger partial charge in [0.1, 0.15) is 24.2 Å². The van der Waals surface area contributed by atoms with E-state index in [0.717, 1.165) is 0 Å². The van der Waals surface area contributed by atoms with Crippen LogP contribution in [0.25, 0.3) is 0 Å². The average Bonchev–Trinajstić information content (AvgIpc) is 4.15. The van der Waals surface area contributed by atoms with Crippen molar-refractivity contribution in [2.24, 2.45) is 10.8 Å². The Morgan fingerprint density at radius 3 is 1.10 bits per heavy atom. The van der Waals surface area contributed by atoms with E-state index in [1.807, 2.05) is 0 Å². The molecule has 4 aliphatic rings. The third-order valence-electron chi connectivity index (χ3n) is 14.3. The Morgan fingerprint density at radius 1 is 0.500 bits per heavy atom. The van der Waals surface area contributed by atoms with Crippen molar-refractivity contribution in [1.29, 1.82) is 0 Å². The molecule has 24 nitrogen and oxygen atoms in total. The Bertz CT molecular complexity index is 2740. The molecule has 3 aromatic rings. The van der Waals surface area contributed by atoms with Crippen LogP contribution in [0, 0.1) is 10.8 Å². The molecule has 4 aliphatic heterocycles. The number of imide groups is 2. The first-order chi connectivity index (χ1) is 36.7. The fourth-order valence-electron chi connectivity index (χ4n) is 9.58. The first-order valence-corrected chi connectivity index (χ1v) is 25.5. The van der Waals surface area contributed by atoms with Gasteiger partial charge >= 0.3 is 0 Å². The number of nitrogens with zero attached hydrogens (tertiary/aromatic N) is 4. The summed E-state index contributed by atoms with van der Waals surface area (Å²) in [4.78, 5) is 168. The van der Waals surface area contributed by atoms with E-state index in [-0.39, 0.29) is 84.1 Å². The van der Waals surface area contributed by atoms with Gasteiger partial charge in [-0.2, -0.15) is 10.0 Å². The lowest BCUT2D eigenvalue weighted by Gasteiger charge is -2.36. The van der Waals surface area contributed by atoms with Crippen LogP contribution in [0.15, 0.2) is 72.8 Å². The lowest BCUT2D eigenvalue weighted by molar-refractivity contribution is -0.144. The fourth-order valence-corrected chi connectivity index (χ4v) is 9.58.